The summed E-state index contributed by atoms with van der Waals surface area (Å²) in [4.78, 5) is 19.6. The van der Waals surface area contributed by atoms with Crippen molar-refractivity contribution in [2.45, 2.75) is 37.9 Å². The van der Waals surface area contributed by atoms with Crippen molar-refractivity contribution in [1.29, 1.82) is 0 Å². The Labute approximate surface area is 145 Å². The largest absolute Gasteiger partial charge is 0.481 e. The minimum absolute atomic E-state index is 0.139. The zero-order valence-electron chi connectivity index (χ0n) is 14.0. The highest BCUT2D eigenvalue weighted by Gasteiger charge is 2.34. The number of aliphatic carboxylic acids is 1. The van der Waals surface area contributed by atoms with Gasteiger partial charge >= 0.3 is 5.97 Å². The van der Waals surface area contributed by atoms with Gasteiger partial charge in [-0.3, -0.25) is 9.78 Å². The molecular formula is C18H22N2O5. The highest BCUT2D eigenvalue weighted by Crippen LogP contribution is 2.36. The van der Waals surface area contributed by atoms with E-state index in [-0.39, 0.29) is 11.8 Å². The van der Waals surface area contributed by atoms with Crippen molar-refractivity contribution >= 4 is 17.0 Å². The van der Waals surface area contributed by atoms with Crippen LogP contribution in [0.4, 0.5) is 0 Å². The Kier molecular flexibility index (Phi) is 5.15. The van der Waals surface area contributed by atoms with Crippen molar-refractivity contribution < 1.29 is 24.9 Å². The number of rotatable bonds is 5. The Bertz CT molecular complexity index is 758. The molecule has 0 aromatic carbocycles. The first-order valence-corrected chi connectivity index (χ1v) is 8.40. The molecule has 7 heteroatoms. The first kappa shape index (κ1) is 17.6. The smallest absolute Gasteiger partial charge is 0.306 e. The Morgan fingerprint density at radius 1 is 1.20 bits per heavy atom. The summed E-state index contributed by atoms with van der Waals surface area (Å²) < 4.78 is 5.13. The SMILES string of the molecule is COc1ccc2nccc([C@@H](O)[C@H](O)[C@H]3CC[C@H](C(=O)O)CC3)c2n1. The van der Waals surface area contributed by atoms with Gasteiger partial charge in [0.15, 0.2) is 0 Å². The molecule has 1 aliphatic carbocycles. The molecule has 1 aliphatic rings. The monoisotopic (exact) mass is 346 g/mol. The van der Waals surface area contributed by atoms with Crippen molar-refractivity contribution in [2.75, 3.05) is 7.11 Å². The topological polar surface area (TPSA) is 113 Å². The summed E-state index contributed by atoms with van der Waals surface area (Å²) in [6.45, 7) is 0. The van der Waals surface area contributed by atoms with Crippen LogP contribution in [0.2, 0.25) is 0 Å². The fourth-order valence-electron chi connectivity index (χ4n) is 3.53. The first-order valence-electron chi connectivity index (χ1n) is 8.40. The van der Waals surface area contributed by atoms with Crippen molar-refractivity contribution in [3.8, 4) is 5.88 Å². The van der Waals surface area contributed by atoms with Crippen LogP contribution in [0.25, 0.3) is 11.0 Å². The van der Waals surface area contributed by atoms with Crippen molar-refractivity contribution in [1.82, 2.24) is 9.97 Å². The first-order chi connectivity index (χ1) is 12.0. The van der Waals surface area contributed by atoms with Crippen LogP contribution in [0, 0.1) is 11.8 Å². The maximum Gasteiger partial charge on any atom is 0.306 e. The second kappa shape index (κ2) is 7.33. The molecule has 3 rings (SSSR count). The fourth-order valence-corrected chi connectivity index (χ4v) is 3.53. The Balaban J connectivity index is 1.82. The molecule has 2 aromatic rings. The predicted octanol–water partition coefficient (Wildman–Crippen LogP) is 1.92. The second-order valence-corrected chi connectivity index (χ2v) is 6.51. The molecule has 2 atom stereocenters. The standard InChI is InChI=1S/C18H22N2O5/c1-25-14-7-6-13-15(20-14)12(8-9-19-13)17(22)16(21)10-2-4-11(5-3-10)18(23)24/h6-11,16-17,21-22H,2-5H2,1H3,(H,23,24)/t10-,11-,16-,17-/m1/s1. The fraction of sp³-hybridized carbons (Fsp3) is 0.500. The van der Waals surface area contributed by atoms with Gasteiger partial charge in [-0.05, 0) is 43.7 Å². The lowest BCUT2D eigenvalue weighted by Gasteiger charge is -2.32. The van der Waals surface area contributed by atoms with Crippen LogP contribution in [-0.4, -0.2) is 44.5 Å². The van der Waals surface area contributed by atoms with Gasteiger partial charge in [0.05, 0.1) is 30.2 Å². The van der Waals surface area contributed by atoms with Crippen LogP contribution in [-0.2, 0) is 4.79 Å². The van der Waals surface area contributed by atoms with Crippen molar-refractivity contribution in [2.24, 2.45) is 11.8 Å². The van der Waals surface area contributed by atoms with Gasteiger partial charge in [0.2, 0.25) is 5.88 Å². The van der Waals surface area contributed by atoms with Gasteiger partial charge in [-0.1, -0.05) is 0 Å². The van der Waals surface area contributed by atoms with Gasteiger partial charge in [0.1, 0.15) is 6.10 Å². The third-order valence-electron chi connectivity index (χ3n) is 5.04. The quantitative estimate of drug-likeness (QED) is 0.758. The third-order valence-corrected chi connectivity index (χ3v) is 5.04. The normalized spacial score (nSPS) is 23.2. The highest BCUT2D eigenvalue weighted by atomic mass is 16.5. The number of carboxylic acid groups (broad SMARTS) is 1. The van der Waals surface area contributed by atoms with Crippen LogP contribution in [0.5, 0.6) is 5.88 Å². The molecule has 0 unspecified atom stereocenters. The van der Waals surface area contributed by atoms with Crippen LogP contribution in [0.1, 0.15) is 37.4 Å². The maximum absolute atomic E-state index is 11.1. The molecule has 0 bridgehead atoms. The molecule has 0 spiro atoms. The van der Waals surface area contributed by atoms with Crippen molar-refractivity contribution in [3.05, 3.63) is 30.0 Å². The van der Waals surface area contributed by atoms with Gasteiger partial charge in [-0.2, -0.15) is 0 Å². The Hall–Kier alpha value is -2.25. The van der Waals surface area contributed by atoms with E-state index in [1.54, 1.807) is 24.4 Å². The number of aliphatic hydroxyl groups excluding tert-OH is 2. The van der Waals surface area contributed by atoms with Crippen LogP contribution in [0.3, 0.4) is 0 Å². The average Bonchev–Trinajstić information content (AvgIpc) is 2.66. The van der Waals surface area contributed by atoms with Gasteiger partial charge in [-0.15, -0.1) is 0 Å². The zero-order valence-corrected chi connectivity index (χ0v) is 14.0. The van der Waals surface area contributed by atoms with Gasteiger partial charge < -0.3 is 20.1 Å². The summed E-state index contributed by atoms with van der Waals surface area (Å²) in [5.41, 5.74) is 1.60. The van der Waals surface area contributed by atoms with E-state index in [2.05, 4.69) is 9.97 Å². The molecule has 1 fully saturated rings. The molecule has 2 aromatic heterocycles. The molecule has 0 amide bonds. The van der Waals surface area contributed by atoms with Gasteiger partial charge in [-0.25, -0.2) is 4.98 Å². The number of carbonyl (C=O) groups is 1. The van der Waals surface area contributed by atoms with Gasteiger partial charge in [0.25, 0.3) is 0 Å². The number of ether oxygens (including phenoxy) is 1. The van der Waals surface area contributed by atoms with E-state index in [9.17, 15) is 15.0 Å². The third kappa shape index (κ3) is 3.57. The average molecular weight is 346 g/mol. The summed E-state index contributed by atoms with van der Waals surface area (Å²) in [5.74, 6) is -0.872. The molecule has 25 heavy (non-hydrogen) atoms. The second-order valence-electron chi connectivity index (χ2n) is 6.51. The van der Waals surface area contributed by atoms with E-state index in [1.807, 2.05) is 0 Å². The highest BCUT2D eigenvalue weighted by molar-refractivity contribution is 5.78. The van der Waals surface area contributed by atoms with E-state index in [0.29, 0.717) is 48.2 Å². The predicted molar refractivity (Wildman–Crippen MR) is 90.1 cm³/mol. The molecule has 0 radical (unpaired) electrons. The molecule has 2 heterocycles. The molecular weight excluding hydrogens is 324 g/mol. The number of hydrogen-bond donors (Lipinski definition) is 3. The minimum atomic E-state index is -1.11. The number of methoxy groups -OCH3 is 1. The molecule has 7 nitrogen and oxygen atoms in total. The zero-order chi connectivity index (χ0) is 18.0. The summed E-state index contributed by atoms with van der Waals surface area (Å²) in [5, 5.41) is 30.4. The number of pyridine rings is 2. The summed E-state index contributed by atoms with van der Waals surface area (Å²) in [6, 6.07) is 5.09. The van der Waals surface area contributed by atoms with E-state index in [0.717, 1.165) is 0 Å². The summed E-state index contributed by atoms with van der Waals surface area (Å²) >= 11 is 0. The maximum atomic E-state index is 11.1. The molecule has 3 N–H and O–H groups in total. The molecule has 134 valence electrons. The lowest BCUT2D eigenvalue weighted by atomic mass is 9.77. The van der Waals surface area contributed by atoms with Crippen LogP contribution >= 0.6 is 0 Å². The lowest BCUT2D eigenvalue weighted by Crippen LogP contribution is -2.32. The minimum Gasteiger partial charge on any atom is -0.481 e. The number of hydrogen-bond acceptors (Lipinski definition) is 6. The number of fused-ring (bicyclic) bond motifs is 1. The number of aliphatic hydroxyl groups is 2. The van der Waals surface area contributed by atoms with Crippen LogP contribution in [0.15, 0.2) is 24.4 Å². The number of aromatic nitrogens is 2. The van der Waals surface area contributed by atoms with Crippen LogP contribution < -0.4 is 4.74 Å². The molecule has 1 saturated carbocycles. The molecule has 0 saturated heterocycles. The van der Waals surface area contributed by atoms with E-state index < -0.39 is 18.2 Å². The van der Waals surface area contributed by atoms with E-state index in [4.69, 9.17) is 9.84 Å². The lowest BCUT2D eigenvalue weighted by molar-refractivity contribution is -0.143. The van der Waals surface area contributed by atoms with Crippen molar-refractivity contribution in [3.63, 3.8) is 0 Å². The van der Waals surface area contributed by atoms with E-state index in [1.165, 1.54) is 7.11 Å². The Morgan fingerprint density at radius 2 is 1.92 bits per heavy atom. The summed E-state index contributed by atoms with van der Waals surface area (Å²) in [7, 11) is 1.51. The Morgan fingerprint density at radius 3 is 2.56 bits per heavy atom. The number of nitrogens with zero attached hydrogens (tertiary/aromatic N) is 2. The van der Waals surface area contributed by atoms with Gasteiger partial charge in [0, 0.05) is 17.8 Å². The van der Waals surface area contributed by atoms with E-state index >= 15 is 0 Å². The number of carboxylic acids is 1. The summed E-state index contributed by atoms with van der Waals surface area (Å²) in [6.07, 6.45) is 1.68. The molecule has 0 aliphatic heterocycles.